The quantitative estimate of drug-likeness (QED) is 0.523. The molecule has 0 fully saturated rings. The molecule has 0 aromatic rings. The van der Waals surface area contributed by atoms with Crippen molar-refractivity contribution in [2.24, 2.45) is 0 Å². The monoisotopic (exact) mass is 196 g/mol. The smallest absolute Gasteiger partial charge is 0.0110 e. The van der Waals surface area contributed by atoms with Crippen LogP contribution in [0.4, 0.5) is 0 Å². The van der Waals surface area contributed by atoms with Crippen LogP contribution in [0, 0.1) is 10.8 Å². The third kappa shape index (κ3) is 2.41. The van der Waals surface area contributed by atoms with Crippen molar-refractivity contribution < 1.29 is 0 Å². The summed E-state index contributed by atoms with van der Waals surface area (Å²) in [4.78, 5) is 2.73. The van der Waals surface area contributed by atoms with Crippen molar-refractivity contribution in [3.63, 3.8) is 0 Å². The number of hydrogen-bond donors (Lipinski definition) is 0. The third-order valence-electron chi connectivity index (χ3n) is 1.46. The lowest BCUT2D eigenvalue weighted by Gasteiger charge is -1.91. The van der Waals surface area contributed by atoms with Gasteiger partial charge in [0.15, 0.2) is 0 Å². The predicted molar refractivity (Wildman–Crippen MR) is 47.8 cm³/mol. The Balaban J connectivity index is 2.63. The van der Waals surface area contributed by atoms with Gasteiger partial charge in [0.05, 0.1) is 0 Å². The average molecular weight is 197 g/mol. The molecule has 0 nitrogen and oxygen atoms in total. The zero-order valence-electron chi connectivity index (χ0n) is 5.73. The van der Waals surface area contributed by atoms with Crippen LogP contribution in [0.25, 0.3) is 0 Å². The summed E-state index contributed by atoms with van der Waals surface area (Å²) in [7, 11) is 0. The van der Waals surface area contributed by atoms with Gasteiger partial charge in [-0.25, -0.2) is 0 Å². The van der Waals surface area contributed by atoms with Crippen molar-refractivity contribution in [1.29, 1.82) is 0 Å². The van der Waals surface area contributed by atoms with Crippen molar-refractivity contribution in [1.82, 2.24) is 0 Å². The van der Waals surface area contributed by atoms with E-state index in [2.05, 4.69) is 44.9 Å². The van der Waals surface area contributed by atoms with E-state index in [-0.39, 0.29) is 0 Å². The molecule has 52 valence electrons. The van der Waals surface area contributed by atoms with Crippen LogP contribution in [0.3, 0.4) is 0 Å². The highest BCUT2D eigenvalue weighted by molar-refractivity contribution is 9.12. The molecule has 0 bridgehead atoms. The van der Waals surface area contributed by atoms with E-state index in [0.29, 0.717) is 0 Å². The number of halogens is 1. The van der Waals surface area contributed by atoms with Crippen molar-refractivity contribution in [3.8, 4) is 10.8 Å². The Kier molecular flexibility index (Phi) is 3.32. The van der Waals surface area contributed by atoms with Gasteiger partial charge in [-0.2, -0.15) is 0 Å². The Morgan fingerprint density at radius 1 is 1.50 bits per heavy atom. The lowest BCUT2D eigenvalue weighted by Crippen LogP contribution is -1.75. The van der Waals surface area contributed by atoms with E-state index >= 15 is 0 Å². The third-order valence-corrected chi connectivity index (χ3v) is 1.66. The van der Waals surface area contributed by atoms with Gasteiger partial charge in [0.1, 0.15) is 0 Å². The fourth-order valence-electron chi connectivity index (χ4n) is 0.939. The van der Waals surface area contributed by atoms with Crippen molar-refractivity contribution in [2.75, 3.05) is 0 Å². The van der Waals surface area contributed by atoms with Crippen molar-refractivity contribution in [2.45, 2.75) is 19.3 Å². The van der Waals surface area contributed by atoms with Gasteiger partial charge in [0, 0.05) is 21.5 Å². The molecule has 0 saturated carbocycles. The molecule has 1 aliphatic rings. The van der Waals surface area contributed by atoms with Gasteiger partial charge in [0.2, 0.25) is 0 Å². The maximum absolute atomic E-state index is 3.08. The molecule has 0 aliphatic heterocycles. The molecule has 0 radical (unpaired) electrons. The van der Waals surface area contributed by atoms with Crippen LogP contribution >= 0.6 is 15.9 Å². The van der Waals surface area contributed by atoms with E-state index in [1.807, 2.05) is 0 Å². The van der Waals surface area contributed by atoms with E-state index in [4.69, 9.17) is 0 Å². The number of rotatable bonds is 0. The van der Waals surface area contributed by atoms with E-state index in [0.717, 1.165) is 6.42 Å². The largest absolute Gasteiger partial charge is 0.0845 e. The van der Waals surface area contributed by atoms with E-state index in [1.54, 1.807) is 0 Å². The van der Waals surface area contributed by atoms with Crippen molar-refractivity contribution in [3.05, 3.63) is 23.8 Å². The molecule has 0 aromatic heterocycles. The Morgan fingerprint density at radius 3 is 3.20 bits per heavy atom. The minimum atomic E-state index is 1.12. The van der Waals surface area contributed by atoms with Gasteiger partial charge in [-0.3, -0.25) is 0 Å². The van der Waals surface area contributed by atoms with Crippen LogP contribution in [0.15, 0.2) is 23.8 Å². The Bertz CT molecular complexity index is 213. The summed E-state index contributed by atoms with van der Waals surface area (Å²) in [6.07, 6.45) is 9.88. The highest BCUT2D eigenvalue weighted by atomic mass is 79.9. The molecule has 0 spiro atoms. The summed E-state index contributed by atoms with van der Waals surface area (Å²) in [6.45, 7) is 0. The maximum atomic E-state index is 3.08. The average Bonchev–Trinajstić information content (AvgIpc) is 2.17. The molecular weight excluding hydrogens is 188 g/mol. The van der Waals surface area contributed by atoms with Gasteiger partial charge in [-0.15, -0.1) is 0 Å². The van der Waals surface area contributed by atoms with Crippen LogP contribution in [-0.4, -0.2) is 0 Å². The van der Waals surface area contributed by atoms with Crippen LogP contribution in [0.2, 0.25) is 0 Å². The van der Waals surface area contributed by atoms with E-state index < -0.39 is 0 Å². The topological polar surface area (TPSA) is 0 Å². The minimum absolute atomic E-state index is 1.12. The molecule has 0 saturated heterocycles. The summed E-state index contributed by atoms with van der Waals surface area (Å²) >= 11 is 3.08. The van der Waals surface area contributed by atoms with Crippen LogP contribution in [0.1, 0.15) is 19.3 Å². The van der Waals surface area contributed by atoms with Crippen LogP contribution in [0.5, 0.6) is 0 Å². The fourth-order valence-corrected chi connectivity index (χ4v) is 1.19. The van der Waals surface area contributed by atoms with Crippen LogP contribution < -0.4 is 0 Å². The Labute approximate surface area is 70.1 Å². The lowest BCUT2D eigenvalue weighted by atomic mass is 10.1. The molecule has 0 unspecified atom stereocenters. The highest BCUT2D eigenvalue weighted by Gasteiger charge is 1.93. The zero-order chi connectivity index (χ0) is 7.23. The highest BCUT2D eigenvalue weighted by Crippen LogP contribution is 2.11. The standard InChI is InChI=1S/C9H9Br/c10-8-7-9-5-3-1-2-4-6-9/h1,3,5H,2,4,6H2. The molecule has 0 aromatic carbocycles. The molecule has 10 heavy (non-hydrogen) atoms. The molecule has 0 N–H and O–H groups in total. The van der Waals surface area contributed by atoms with Gasteiger partial charge in [-0.1, -0.05) is 24.1 Å². The SMILES string of the molecule is BrC#CC1=CC=CCCC1. The predicted octanol–water partition coefficient (Wildman–Crippen LogP) is 3.01. The summed E-state index contributed by atoms with van der Waals surface area (Å²) in [6, 6.07) is 0. The molecule has 0 heterocycles. The zero-order valence-corrected chi connectivity index (χ0v) is 7.32. The summed E-state index contributed by atoms with van der Waals surface area (Å²) in [5, 5.41) is 0. The molecule has 1 heteroatoms. The molecule has 1 rings (SSSR count). The Hall–Kier alpha value is -0.480. The van der Waals surface area contributed by atoms with Gasteiger partial charge >= 0.3 is 0 Å². The maximum Gasteiger partial charge on any atom is 0.0110 e. The first kappa shape index (κ1) is 7.63. The molecule has 0 amide bonds. The van der Waals surface area contributed by atoms with Gasteiger partial charge < -0.3 is 0 Å². The van der Waals surface area contributed by atoms with Crippen LogP contribution in [-0.2, 0) is 0 Å². The first-order valence-electron chi connectivity index (χ1n) is 3.41. The summed E-state index contributed by atoms with van der Waals surface area (Å²) in [5.74, 6) is 3.00. The first-order valence-corrected chi connectivity index (χ1v) is 4.20. The molecule has 1 aliphatic carbocycles. The second kappa shape index (κ2) is 4.35. The fraction of sp³-hybridized carbons (Fsp3) is 0.333. The number of hydrogen-bond acceptors (Lipinski definition) is 0. The molecular formula is C9H9Br. The van der Waals surface area contributed by atoms with E-state index in [9.17, 15) is 0 Å². The summed E-state index contributed by atoms with van der Waals surface area (Å²) < 4.78 is 0. The minimum Gasteiger partial charge on any atom is -0.0845 e. The van der Waals surface area contributed by atoms with Gasteiger partial charge in [0.25, 0.3) is 0 Å². The summed E-state index contributed by atoms with van der Waals surface area (Å²) in [5.41, 5.74) is 1.23. The second-order valence-electron chi connectivity index (χ2n) is 2.23. The van der Waals surface area contributed by atoms with Gasteiger partial charge in [-0.05, 0) is 24.1 Å². The first-order chi connectivity index (χ1) is 4.93. The van der Waals surface area contributed by atoms with E-state index in [1.165, 1.54) is 18.4 Å². The Morgan fingerprint density at radius 2 is 2.40 bits per heavy atom. The lowest BCUT2D eigenvalue weighted by molar-refractivity contribution is 0.859. The second-order valence-corrected chi connectivity index (χ2v) is 2.63. The normalized spacial score (nSPS) is 16.7. The van der Waals surface area contributed by atoms with Crippen molar-refractivity contribution >= 4 is 15.9 Å². The number of allylic oxidation sites excluding steroid dienone is 4. The molecule has 0 atom stereocenters.